The van der Waals surface area contributed by atoms with E-state index in [0.717, 1.165) is 16.7 Å². The Kier molecular flexibility index (Phi) is 5.50. The topological polar surface area (TPSA) is 58.2 Å². The summed E-state index contributed by atoms with van der Waals surface area (Å²) in [6.45, 7) is 0.362. The van der Waals surface area contributed by atoms with Gasteiger partial charge >= 0.3 is 0 Å². The Balaban J connectivity index is 1.67. The number of hydrazine groups is 1. The number of halogens is 1. The molecule has 3 aromatic carbocycles. The van der Waals surface area contributed by atoms with Crippen LogP contribution in [0.5, 0.6) is 0 Å². The lowest BCUT2D eigenvalue weighted by molar-refractivity contribution is 0.555. The van der Waals surface area contributed by atoms with Gasteiger partial charge in [0.1, 0.15) is 0 Å². The summed E-state index contributed by atoms with van der Waals surface area (Å²) in [5.41, 5.74) is 5.75. The zero-order chi connectivity index (χ0) is 17.7. The van der Waals surface area contributed by atoms with E-state index in [4.69, 9.17) is 11.6 Å². The van der Waals surface area contributed by atoms with E-state index in [1.54, 1.807) is 30.3 Å². The van der Waals surface area contributed by atoms with Crippen LogP contribution in [0.2, 0.25) is 5.02 Å². The summed E-state index contributed by atoms with van der Waals surface area (Å²) in [4.78, 5) is 2.61. The second kappa shape index (κ2) is 7.80. The first kappa shape index (κ1) is 17.6. The molecule has 0 atom stereocenters. The minimum absolute atomic E-state index is 0.218. The summed E-state index contributed by atoms with van der Waals surface area (Å²) in [5, 5.41) is 0.677. The van der Waals surface area contributed by atoms with Gasteiger partial charge in [0, 0.05) is 11.6 Å². The lowest BCUT2D eigenvalue weighted by Gasteiger charge is -2.10. The van der Waals surface area contributed by atoms with Crippen molar-refractivity contribution in [1.29, 1.82) is 0 Å². The molecule has 25 heavy (non-hydrogen) atoms. The van der Waals surface area contributed by atoms with Crippen LogP contribution in [-0.4, -0.2) is 8.42 Å². The molecular formula is C19H17ClN2O2S. The predicted octanol–water partition coefficient (Wildman–Crippen LogP) is 3.99. The molecule has 0 saturated heterocycles. The molecule has 3 rings (SSSR count). The number of nitrogens with one attached hydrogen (secondary N) is 2. The van der Waals surface area contributed by atoms with Crippen molar-refractivity contribution in [1.82, 2.24) is 10.3 Å². The minimum atomic E-state index is -3.58. The fraction of sp³-hybridized carbons (Fsp3) is 0.0526. The highest BCUT2D eigenvalue weighted by Crippen LogP contribution is 2.23. The van der Waals surface area contributed by atoms with E-state index in [1.165, 1.54) is 0 Å². The van der Waals surface area contributed by atoms with Gasteiger partial charge in [0.25, 0.3) is 10.0 Å². The molecule has 0 spiro atoms. The van der Waals surface area contributed by atoms with Gasteiger partial charge in [-0.25, -0.2) is 13.8 Å². The predicted molar refractivity (Wildman–Crippen MR) is 100 cm³/mol. The van der Waals surface area contributed by atoms with Crippen molar-refractivity contribution in [3.63, 3.8) is 0 Å². The van der Waals surface area contributed by atoms with Gasteiger partial charge in [-0.15, -0.1) is 4.83 Å². The van der Waals surface area contributed by atoms with Gasteiger partial charge in [-0.1, -0.05) is 60.1 Å². The van der Waals surface area contributed by atoms with Crippen LogP contribution in [-0.2, 0) is 16.6 Å². The maximum atomic E-state index is 12.2. The first-order chi connectivity index (χ1) is 12.0. The summed E-state index contributed by atoms with van der Waals surface area (Å²) in [6, 6.07) is 23.7. The van der Waals surface area contributed by atoms with Crippen LogP contribution in [0.4, 0.5) is 0 Å². The summed E-state index contributed by atoms with van der Waals surface area (Å²) >= 11 is 6.04. The highest BCUT2D eigenvalue weighted by molar-refractivity contribution is 7.89. The lowest BCUT2D eigenvalue weighted by Crippen LogP contribution is -2.36. The van der Waals surface area contributed by atoms with Crippen molar-refractivity contribution in [2.24, 2.45) is 0 Å². The van der Waals surface area contributed by atoms with Crippen LogP contribution < -0.4 is 10.3 Å². The van der Waals surface area contributed by atoms with Gasteiger partial charge in [-0.2, -0.15) is 0 Å². The Bertz CT molecular complexity index is 960. The summed E-state index contributed by atoms with van der Waals surface area (Å²) in [7, 11) is -3.58. The average molecular weight is 373 g/mol. The molecule has 0 aliphatic heterocycles. The second-order valence-electron chi connectivity index (χ2n) is 5.48. The molecule has 0 aliphatic carbocycles. The molecule has 0 amide bonds. The fourth-order valence-corrected chi connectivity index (χ4v) is 3.51. The molecule has 0 saturated carbocycles. The van der Waals surface area contributed by atoms with E-state index in [0.29, 0.717) is 11.6 Å². The van der Waals surface area contributed by atoms with E-state index in [-0.39, 0.29) is 4.90 Å². The minimum Gasteiger partial charge on any atom is -0.239 e. The third kappa shape index (κ3) is 4.67. The Labute approximate surface area is 152 Å². The van der Waals surface area contributed by atoms with Gasteiger partial charge in [-0.3, -0.25) is 0 Å². The quantitative estimate of drug-likeness (QED) is 0.643. The SMILES string of the molecule is O=S(=O)(NNCc1cccc(-c2cccc(Cl)c2)c1)c1ccccc1. The Hall–Kier alpha value is -2.18. The van der Waals surface area contributed by atoms with Gasteiger partial charge in [0.2, 0.25) is 0 Å². The molecule has 0 unspecified atom stereocenters. The van der Waals surface area contributed by atoms with Gasteiger partial charge in [-0.05, 0) is 47.0 Å². The third-order valence-corrected chi connectivity index (χ3v) is 5.18. The zero-order valence-electron chi connectivity index (χ0n) is 13.3. The lowest BCUT2D eigenvalue weighted by atomic mass is 10.0. The van der Waals surface area contributed by atoms with Crippen LogP contribution in [0, 0.1) is 0 Å². The van der Waals surface area contributed by atoms with Crippen molar-refractivity contribution in [2.45, 2.75) is 11.4 Å². The van der Waals surface area contributed by atoms with Crippen molar-refractivity contribution in [3.05, 3.63) is 89.4 Å². The van der Waals surface area contributed by atoms with Gasteiger partial charge < -0.3 is 0 Å². The summed E-state index contributed by atoms with van der Waals surface area (Å²) < 4.78 is 24.3. The molecule has 0 heterocycles. The number of hydrogen-bond donors (Lipinski definition) is 2. The van der Waals surface area contributed by atoms with Crippen LogP contribution in [0.15, 0.2) is 83.8 Å². The zero-order valence-corrected chi connectivity index (χ0v) is 14.9. The molecule has 128 valence electrons. The highest BCUT2D eigenvalue weighted by atomic mass is 35.5. The highest BCUT2D eigenvalue weighted by Gasteiger charge is 2.12. The molecule has 2 N–H and O–H groups in total. The fourth-order valence-electron chi connectivity index (χ4n) is 2.42. The number of hydrogen-bond acceptors (Lipinski definition) is 3. The van der Waals surface area contributed by atoms with Crippen LogP contribution in [0.25, 0.3) is 11.1 Å². The second-order valence-corrected chi connectivity index (χ2v) is 7.60. The first-order valence-corrected chi connectivity index (χ1v) is 9.55. The largest absolute Gasteiger partial charge is 0.253 e. The summed E-state index contributed by atoms with van der Waals surface area (Å²) in [5.74, 6) is 0. The maximum Gasteiger partial charge on any atom is 0.253 e. The average Bonchev–Trinajstić information content (AvgIpc) is 2.63. The van der Waals surface area contributed by atoms with E-state index in [9.17, 15) is 8.42 Å². The molecule has 0 aliphatic rings. The Morgan fingerprint density at radius 3 is 2.20 bits per heavy atom. The van der Waals surface area contributed by atoms with Crippen LogP contribution in [0.3, 0.4) is 0 Å². The maximum absolute atomic E-state index is 12.2. The molecule has 6 heteroatoms. The summed E-state index contributed by atoms with van der Waals surface area (Å²) in [6.07, 6.45) is 0. The van der Waals surface area contributed by atoms with E-state index >= 15 is 0 Å². The third-order valence-electron chi connectivity index (χ3n) is 3.64. The monoisotopic (exact) mass is 372 g/mol. The van der Waals surface area contributed by atoms with E-state index in [2.05, 4.69) is 10.3 Å². The Morgan fingerprint density at radius 2 is 1.48 bits per heavy atom. The van der Waals surface area contributed by atoms with Crippen molar-refractivity contribution < 1.29 is 8.42 Å². The molecule has 0 bridgehead atoms. The molecule has 0 radical (unpaired) electrons. The van der Waals surface area contributed by atoms with E-state index < -0.39 is 10.0 Å². The van der Waals surface area contributed by atoms with Gasteiger partial charge in [0.05, 0.1) is 4.90 Å². The normalized spacial score (nSPS) is 11.4. The van der Waals surface area contributed by atoms with Crippen molar-refractivity contribution in [3.8, 4) is 11.1 Å². The van der Waals surface area contributed by atoms with E-state index in [1.807, 2.05) is 48.5 Å². The van der Waals surface area contributed by atoms with Gasteiger partial charge in [0.15, 0.2) is 0 Å². The Morgan fingerprint density at radius 1 is 0.800 bits per heavy atom. The van der Waals surface area contributed by atoms with Crippen LogP contribution in [0.1, 0.15) is 5.56 Å². The smallest absolute Gasteiger partial charge is 0.239 e. The first-order valence-electron chi connectivity index (χ1n) is 7.69. The van der Waals surface area contributed by atoms with Crippen molar-refractivity contribution >= 4 is 21.6 Å². The van der Waals surface area contributed by atoms with Crippen LogP contribution >= 0.6 is 11.6 Å². The van der Waals surface area contributed by atoms with Crippen molar-refractivity contribution in [2.75, 3.05) is 0 Å². The standard InChI is InChI=1S/C19H17ClN2O2S/c20-18-9-5-8-17(13-18)16-7-4-6-15(12-16)14-21-22-25(23,24)19-10-2-1-3-11-19/h1-13,21-22H,14H2. The molecule has 4 nitrogen and oxygen atoms in total. The molecule has 3 aromatic rings. The molecular weight excluding hydrogens is 356 g/mol. The number of rotatable bonds is 6. The number of benzene rings is 3. The molecule has 0 aromatic heterocycles. The number of sulfonamides is 1. The molecule has 0 fully saturated rings.